The van der Waals surface area contributed by atoms with Crippen LogP contribution in [-0.2, 0) is 19.1 Å². The summed E-state index contributed by atoms with van der Waals surface area (Å²) in [6.07, 6.45) is 8.46. The quantitative estimate of drug-likeness (QED) is 0.586. The van der Waals surface area contributed by atoms with E-state index >= 15 is 0 Å². The van der Waals surface area contributed by atoms with Crippen LogP contribution in [0.4, 0.5) is 0 Å². The molecule has 22 heavy (non-hydrogen) atoms. The minimum Gasteiger partial charge on any atom is -0.456 e. The second-order valence-corrected chi connectivity index (χ2v) is 7.39. The van der Waals surface area contributed by atoms with Gasteiger partial charge in [0.05, 0.1) is 0 Å². The average molecular weight is 308 g/mol. The summed E-state index contributed by atoms with van der Waals surface area (Å²) in [5.41, 5.74) is -0.811. The van der Waals surface area contributed by atoms with Gasteiger partial charge in [-0.25, -0.2) is 9.59 Å². The molecule has 0 aliphatic heterocycles. The van der Waals surface area contributed by atoms with Crippen LogP contribution in [-0.4, -0.2) is 23.1 Å². The molecule has 0 aromatic rings. The molecule has 0 aromatic carbocycles. The highest BCUT2D eigenvalue weighted by Gasteiger charge is 2.40. The Labute approximate surface area is 133 Å². The lowest BCUT2D eigenvalue weighted by Crippen LogP contribution is -2.34. The van der Waals surface area contributed by atoms with Gasteiger partial charge in [-0.3, -0.25) is 0 Å². The Kier molecular flexibility index (Phi) is 4.98. The molecule has 2 aliphatic carbocycles. The van der Waals surface area contributed by atoms with Gasteiger partial charge in [0.2, 0.25) is 0 Å². The summed E-state index contributed by atoms with van der Waals surface area (Å²) in [5.74, 6) is -0.208. The van der Waals surface area contributed by atoms with Crippen LogP contribution < -0.4 is 0 Å². The van der Waals surface area contributed by atoms with Crippen LogP contribution in [0.15, 0.2) is 12.2 Å². The molecule has 2 rings (SSSR count). The SMILES string of the molecule is CC1CCCC1(C)OC(=O)/C=C/C(=O)OC1(C)CCCC1C. The second kappa shape index (κ2) is 6.43. The lowest BCUT2D eigenvalue weighted by molar-refractivity contribution is -0.157. The highest BCUT2D eigenvalue weighted by atomic mass is 16.6. The van der Waals surface area contributed by atoms with Crippen LogP contribution in [0.25, 0.3) is 0 Å². The Hall–Kier alpha value is -1.32. The van der Waals surface area contributed by atoms with Crippen molar-refractivity contribution in [3.63, 3.8) is 0 Å². The molecule has 0 bridgehead atoms. The van der Waals surface area contributed by atoms with Gasteiger partial charge in [-0.05, 0) is 64.2 Å². The van der Waals surface area contributed by atoms with Crippen LogP contribution >= 0.6 is 0 Å². The first-order valence-electron chi connectivity index (χ1n) is 8.39. The van der Waals surface area contributed by atoms with Crippen molar-refractivity contribution in [3.05, 3.63) is 12.2 Å². The fraction of sp³-hybridized carbons (Fsp3) is 0.778. The smallest absolute Gasteiger partial charge is 0.331 e. The molecule has 4 atom stereocenters. The van der Waals surface area contributed by atoms with Crippen molar-refractivity contribution in [1.82, 2.24) is 0 Å². The normalized spacial score (nSPS) is 38.4. The number of esters is 2. The van der Waals surface area contributed by atoms with Gasteiger partial charge in [0, 0.05) is 12.2 Å². The Morgan fingerprint density at radius 3 is 1.50 bits per heavy atom. The van der Waals surface area contributed by atoms with Crippen molar-refractivity contribution < 1.29 is 19.1 Å². The first-order chi connectivity index (χ1) is 10.3. The lowest BCUT2D eigenvalue weighted by atomic mass is 9.94. The summed E-state index contributed by atoms with van der Waals surface area (Å²) < 4.78 is 11.1. The number of carbonyl (C=O) groups is 2. The van der Waals surface area contributed by atoms with E-state index in [0.717, 1.165) is 38.5 Å². The van der Waals surface area contributed by atoms with Gasteiger partial charge in [0.15, 0.2) is 0 Å². The fourth-order valence-electron chi connectivity index (χ4n) is 3.59. The minimum absolute atomic E-state index is 0.357. The maximum absolute atomic E-state index is 11.9. The molecule has 0 N–H and O–H groups in total. The number of rotatable bonds is 4. The van der Waals surface area contributed by atoms with Crippen molar-refractivity contribution >= 4 is 11.9 Å². The number of ether oxygens (including phenoxy) is 2. The van der Waals surface area contributed by atoms with Crippen LogP contribution in [0.3, 0.4) is 0 Å². The first-order valence-corrected chi connectivity index (χ1v) is 8.39. The van der Waals surface area contributed by atoms with E-state index < -0.39 is 23.1 Å². The fourth-order valence-corrected chi connectivity index (χ4v) is 3.59. The molecule has 4 heteroatoms. The summed E-state index contributed by atoms with van der Waals surface area (Å²) in [5, 5.41) is 0. The molecule has 0 spiro atoms. The van der Waals surface area contributed by atoms with Crippen LogP contribution in [0.2, 0.25) is 0 Å². The standard InChI is InChI=1S/C18H28O4/c1-13-7-5-11-17(13,3)21-15(19)9-10-16(20)22-18(4)12-6-8-14(18)2/h9-10,13-14H,5-8,11-12H2,1-4H3/b10-9+. The number of hydrogen-bond donors (Lipinski definition) is 0. The van der Waals surface area contributed by atoms with Gasteiger partial charge in [0.1, 0.15) is 11.2 Å². The van der Waals surface area contributed by atoms with Gasteiger partial charge in [0.25, 0.3) is 0 Å². The highest BCUT2D eigenvalue weighted by molar-refractivity contribution is 5.92. The molecule has 0 saturated heterocycles. The zero-order chi connectivity index (χ0) is 16.4. The molecular formula is C18H28O4. The second-order valence-electron chi connectivity index (χ2n) is 7.39. The van der Waals surface area contributed by atoms with Crippen LogP contribution in [0.1, 0.15) is 66.2 Å². The summed E-state index contributed by atoms with van der Waals surface area (Å²) >= 11 is 0. The van der Waals surface area contributed by atoms with Gasteiger partial charge in [-0.1, -0.05) is 13.8 Å². The van der Waals surface area contributed by atoms with Crippen molar-refractivity contribution in [2.75, 3.05) is 0 Å². The van der Waals surface area contributed by atoms with E-state index in [1.807, 2.05) is 13.8 Å². The van der Waals surface area contributed by atoms with Gasteiger partial charge in [-0.2, -0.15) is 0 Å². The van der Waals surface area contributed by atoms with E-state index in [1.54, 1.807) is 0 Å². The number of hydrogen-bond acceptors (Lipinski definition) is 4. The Morgan fingerprint density at radius 1 is 0.864 bits per heavy atom. The Balaban J connectivity index is 1.86. The molecule has 4 unspecified atom stereocenters. The monoisotopic (exact) mass is 308 g/mol. The third-order valence-corrected chi connectivity index (χ3v) is 5.73. The lowest BCUT2D eigenvalue weighted by Gasteiger charge is -2.29. The van der Waals surface area contributed by atoms with E-state index in [2.05, 4.69) is 13.8 Å². The van der Waals surface area contributed by atoms with Gasteiger partial charge < -0.3 is 9.47 Å². The van der Waals surface area contributed by atoms with Gasteiger partial charge >= 0.3 is 11.9 Å². The molecule has 0 aromatic heterocycles. The molecule has 2 fully saturated rings. The topological polar surface area (TPSA) is 52.6 Å². The molecule has 0 amide bonds. The summed E-state index contributed by atoms with van der Waals surface area (Å²) in [7, 11) is 0. The van der Waals surface area contributed by atoms with E-state index in [4.69, 9.17) is 9.47 Å². The third kappa shape index (κ3) is 3.71. The minimum atomic E-state index is -0.460. The predicted octanol–water partition coefficient (Wildman–Crippen LogP) is 3.79. The third-order valence-electron chi connectivity index (χ3n) is 5.73. The Bertz CT molecular complexity index is 428. The largest absolute Gasteiger partial charge is 0.456 e. The van der Waals surface area contributed by atoms with E-state index in [1.165, 1.54) is 12.2 Å². The van der Waals surface area contributed by atoms with E-state index in [-0.39, 0.29) is 0 Å². The van der Waals surface area contributed by atoms with Crippen LogP contribution in [0, 0.1) is 11.8 Å². The van der Waals surface area contributed by atoms with Crippen LogP contribution in [0.5, 0.6) is 0 Å². The Morgan fingerprint density at radius 2 is 1.23 bits per heavy atom. The molecule has 0 radical (unpaired) electrons. The number of carbonyl (C=O) groups excluding carboxylic acids is 2. The predicted molar refractivity (Wildman–Crippen MR) is 84.2 cm³/mol. The zero-order valence-corrected chi connectivity index (χ0v) is 14.2. The summed E-state index contributed by atoms with van der Waals surface area (Å²) in [6.45, 7) is 8.13. The van der Waals surface area contributed by atoms with Crippen molar-refractivity contribution in [3.8, 4) is 0 Å². The van der Waals surface area contributed by atoms with E-state index in [0.29, 0.717) is 11.8 Å². The molecule has 4 nitrogen and oxygen atoms in total. The maximum atomic E-state index is 11.9. The maximum Gasteiger partial charge on any atom is 0.331 e. The highest BCUT2D eigenvalue weighted by Crippen LogP contribution is 2.39. The molecule has 2 saturated carbocycles. The van der Waals surface area contributed by atoms with E-state index in [9.17, 15) is 9.59 Å². The average Bonchev–Trinajstić information content (AvgIpc) is 2.92. The zero-order valence-electron chi connectivity index (χ0n) is 14.2. The first kappa shape index (κ1) is 17.0. The molecular weight excluding hydrogens is 280 g/mol. The summed E-state index contributed by atoms with van der Waals surface area (Å²) in [6, 6.07) is 0. The van der Waals surface area contributed by atoms with Crippen molar-refractivity contribution in [2.45, 2.75) is 77.4 Å². The molecule has 0 heterocycles. The molecule has 2 aliphatic rings. The summed E-state index contributed by atoms with van der Waals surface area (Å²) in [4.78, 5) is 23.8. The van der Waals surface area contributed by atoms with Crippen molar-refractivity contribution in [1.29, 1.82) is 0 Å². The van der Waals surface area contributed by atoms with Gasteiger partial charge in [-0.15, -0.1) is 0 Å². The van der Waals surface area contributed by atoms with Crippen molar-refractivity contribution in [2.24, 2.45) is 11.8 Å². The molecule has 124 valence electrons.